The Kier molecular flexibility index (Phi) is 3.23. The van der Waals surface area contributed by atoms with Gasteiger partial charge in [0.15, 0.2) is 0 Å². The van der Waals surface area contributed by atoms with Crippen molar-refractivity contribution in [1.82, 2.24) is 0 Å². The fourth-order valence-electron chi connectivity index (χ4n) is 3.10. The molecule has 3 rings (SSSR count). The molecule has 0 amide bonds. The van der Waals surface area contributed by atoms with Gasteiger partial charge in [0, 0.05) is 24.3 Å². The second-order valence-electron chi connectivity index (χ2n) is 5.70. The van der Waals surface area contributed by atoms with E-state index in [1.54, 1.807) is 13.8 Å². The van der Waals surface area contributed by atoms with Gasteiger partial charge in [-0.15, -0.1) is 0 Å². The van der Waals surface area contributed by atoms with Crippen LogP contribution >= 0.6 is 0 Å². The molecule has 2 aliphatic rings. The molecule has 1 aromatic carbocycles. The van der Waals surface area contributed by atoms with Gasteiger partial charge in [-0.2, -0.15) is 0 Å². The summed E-state index contributed by atoms with van der Waals surface area (Å²) in [5.41, 5.74) is 2.25. The molecule has 2 bridgehead atoms. The van der Waals surface area contributed by atoms with Gasteiger partial charge >= 0.3 is 0 Å². The number of morpholine rings is 1. The smallest absolute Gasteiger partial charge is 0.126 e. The van der Waals surface area contributed by atoms with E-state index >= 15 is 0 Å². The largest absolute Gasteiger partial charge is 0.389 e. The Bertz CT molecular complexity index is 477. The summed E-state index contributed by atoms with van der Waals surface area (Å²) in [6.07, 6.45) is 2.11. The van der Waals surface area contributed by atoms with Crippen LogP contribution in [0.4, 0.5) is 10.1 Å². The summed E-state index contributed by atoms with van der Waals surface area (Å²) in [6.45, 7) is 5.12. The summed E-state index contributed by atoms with van der Waals surface area (Å²) < 4.78 is 19.5. The molecule has 0 aromatic heterocycles. The number of halogens is 1. The lowest BCUT2D eigenvalue weighted by Gasteiger charge is -2.35. The Morgan fingerprint density at radius 2 is 1.95 bits per heavy atom. The van der Waals surface area contributed by atoms with Crippen LogP contribution in [0.2, 0.25) is 0 Å². The molecule has 2 fully saturated rings. The highest BCUT2D eigenvalue weighted by molar-refractivity contribution is 5.57. The molecule has 0 saturated carbocycles. The zero-order valence-corrected chi connectivity index (χ0v) is 11.4. The van der Waals surface area contributed by atoms with Crippen molar-refractivity contribution in [2.75, 3.05) is 18.0 Å². The SMILES string of the molecule is Cc1cc(N2CC3CCC(C2)O3)c([C@H](C)O)cc1F. The number of aliphatic hydroxyl groups excluding tert-OH is 1. The molecule has 3 nitrogen and oxygen atoms in total. The van der Waals surface area contributed by atoms with Gasteiger partial charge in [0.25, 0.3) is 0 Å². The summed E-state index contributed by atoms with van der Waals surface area (Å²) >= 11 is 0. The van der Waals surface area contributed by atoms with Crippen LogP contribution in [-0.4, -0.2) is 30.4 Å². The van der Waals surface area contributed by atoms with E-state index < -0.39 is 6.10 Å². The third kappa shape index (κ3) is 2.35. The lowest BCUT2D eigenvalue weighted by molar-refractivity contribution is 0.0302. The maximum Gasteiger partial charge on any atom is 0.126 e. The van der Waals surface area contributed by atoms with Gasteiger partial charge in [0.05, 0.1) is 18.3 Å². The van der Waals surface area contributed by atoms with E-state index in [1.165, 1.54) is 6.07 Å². The van der Waals surface area contributed by atoms with Crippen molar-refractivity contribution >= 4 is 5.69 Å². The van der Waals surface area contributed by atoms with Crippen molar-refractivity contribution in [2.24, 2.45) is 0 Å². The number of nitrogens with zero attached hydrogens (tertiary/aromatic N) is 1. The third-order valence-corrected chi connectivity index (χ3v) is 4.14. The van der Waals surface area contributed by atoms with Gasteiger partial charge in [-0.25, -0.2) is 4.39 Å². The maximum absolute atomic E-state index is 13.7. The number of aryl methyl sites for hydroxylation is 1. The van der Waals surface area contributed by atoms with Crippen molar-refractivity contribution in [3.05, 3.63) is 29.1 Å². The van der Waals surface area contributed by atoms with E-state index in [-0.39, 0.29) is 18.0 Å². The van der Waals surface area contributed by atoms with E-state index in [4.69, 9.17) is 4.74 Å². The highest BCUT2D eigenvalue weighted by atomic mass is 19.1. The molecule has 2 heterocycles. The predicted molar refractivity (Wildman–Crippen MR) is 71.9 cm³/mol. The number of benzene rings is 1. The molecule has 3 atom stereocenters. The number of fused-ring (bicyclic) bond motifs is 2. The molecule has 19 heavy (non-hydrogen) atoms. The highest BCUT2D eigenvalue weighted by Gasteiger charge is 2.34. The van der Waals surface area contributed by atoms with Crippen LogP contribution in [0.3, 0.4) is 0 Å². The van der Waals surface area contributed by atoms with Gasteiger partial charge in [-0.05, 0) is 44.4 Å². The highest BCUT2D eigenvalue weighted by Crippen LogP contribution is 2.34. The first-order valence-corrected chi connectivity index (χ1v) is 6.93. The molecule has 4 heteroatoms. The van der Waals surface area contributed by atoms with Gasteiger partial charge in [0.1, 0.15) is 5.82 Å². The van der Waals surface area contributed by atoms with Crippen molar-refractivity contribution in [2.45, 2.75) is 45.0 Å². The minimum atomic E-state index is -0.661. The summed E-state index contributed by atoms with van der Waals surface area (Å²) in [4.78, 5) is 2.24. The quantitative estimate of drug-likeness (QED) is 0.892. The second-order valence-corrected chi connectivity index (χ2v) is 5.70. The second kappa shape index (κ2) is 4.76. The Hall–Kier alpha value is -1.13. The molecule has 0 aliphatic carbocycles. The number of hydrogen-bond acceptors (Lipinski definition) is 3. The topological polar surface area (TPSA) is 32.7 Å². The fraction of sp³-hybridized carbons (Fsp3) is 0.600. The molecule has 1 aromatic rings. The first kappa shape index (κ1) is 12.9. The Morgan fingerprint density at radius 1 is 1.32 bits per heavy atom. The summed E-state index contributed by atoms with van der Waals surface area (Å²) in [5, 5.41) is 9.87. The molecule has 1 N–H and O–H groups in total. The van der Waals surface area contributed by atoms with Crippen molar-refractivity contribution in [1.29, 1.82) is 0 Å². The molecule has 0 spiro atoms. The number of anilines is 1. The first-order chi connectivity index (χ1) is 9.04. The lowest BCUT2D eigenvalue weighted by Crippen LogP contribution is -2.43. The first-order valence-electron chi connectivity index (χ1n) is 6.93. The van der Waals surface area contributed by atoms with Crippen LogP contribution in [0.5, 0.6) is 0 Å². The van der Waals surface area contributed by atoms with Gasteiger partial charge in [-0.3, -0.25) is 0 Å². The number of hydrogen-bond donors (Lipinski definition) is 1. The van der Waals surface area contributed by atoms with Crippen LogP contribution in [0.1, 0.15) is 37.0 Å². The summed E-state index contributed by atoms with van der Waals surface area (Å²) in [6, 6.07) is 3.31. The monoisotopic (exact) mass is 265 g/mol. The third-order valence-electron chi connectivity index (χ3n) is 4.14. The molecule has 2 aliphatic heterocycles. The van der Waals surface area contributed by atoms with Crippen LogP contribution < -0.4 is 4.90 Å². The van der Waals surface area contributed by atoms with Crippen LogP contribution in [0, 0.1) is 12.7 Å². The van der Waals surface area contributed by atoms with Crippen molar-refractivity contribution in [3.8, 4) is 0 Å². The molecule has 2 saturated heterocycles. The van der Waals surface area contributed by atoms with Crippen LogP contribution in [0.25, 0.3) is 0 Å². The Labute approximate surface area is 113 Å². The molecule has 2 unspecified atom stereocenters. The minimum Gasteiger partial charge on any atom is -0.389 e. The standard InChI is InChI=1S/C15H20FNO2/c1-9-5-15(13(10(2)18)6-14(9)16)17-7-11-3-4-12(8-17)19-11/h5-6,10-12,18H,3-4,7-8H2,1-2H3/t10-,11?,12?/m0/s1. The Morgan fingerprint density at radius 3 is 2.53 bits per heavy atom. The van der Waals surface area contributed by atoms with E-state index in [1.807, 2.05) is 6.07 Å². The number of aliphatic hydroxyl groups is 1. The molecule has 104 valence electrons. The average Bonchev–Trinajstić information content (AvgIpc) is 2.71. The normalized spacial score (nSPS) is 27.7. The lowest BCUT2D eigenvalue weighted by atomic mass is 10.0. The van der Waals surface area contributed by atoms with Gasteiger partial charge < -0.3 is 14.7 Å². The summed E-state index contributed by atoms with van der Waals surface area (Å²) in [5.74, 6) is -0.254. The van der Waals surface area contributed by atoms with Gasteiger partial charge in [-0.1, -0.05) is 0 Å². The van der Waals surface area contributed by atoms with Crippen molar-refractivity contribution < 1.29 is 14.2 Å². The van der Waals surface area contributed by atoms with E-state index in [2.05, 4.69) is 4.90 Å². The van der Waals surface area contributed by atoms with Gasteiger partial charge in [0.2, 0.25) is 0 Å². The molecular formula is C15H20FNO2. The summed E-state index contributed by atoms with van der Waals surface area (Å²) in [7, 11) is 0. The van der Waals surface area contributed by atoms with E-state index in [9.17, 15) is 9.50 Å². The zero-order valence-electron chi connectivity index (χ0n) is 11.4. The Balaban J connectivity index is 1.97. The predicted octanol–water partition coefficient (Wildman–Crippen LogP) is 2.56. The fourth-order valence-corrected chi connectivity index (χ4v) is 3.10. The van der Waals surface area contributed by atoms with E-state index in [0.717, 1.165) is 31.6 Å². The average molecular weight is 265 g/mol. The van der Waals surface area contributed by atoms with E-state index in [0.29, 0.717) is 11.1 Å². The number of ether oxygens (including phenoxy) is 1. The van der Waals surface area contributed by atoms with Crippen LogP contribution in [0.15, 0.2) is 12.1 Å². The number of rotatable bonds is 2. The molecular weight excluding hydrogens is 245 g/mol. The maximum atomic E-state index is 13.7. The minimum absolute atomic E-state index is 0.254. The van der Waals surface area contributed by atoms with Crippen molar-refractivity contribution in [3.63, 3.8) is 0 Å². The molecule has 0 radical (unpaired) electrons. The van der Waals surface area contributed by atoms with Crippen LogP contribution in [-0.2, 0) is 4.74 Å². The zero-order chi connectivity index (χ0) is 13.6.